The predicted molar refractivity (Wildman–Crippen MR) is 58.9 cm³/mol. The maximum absolute atomic E-state index is 11.2. The Balaban J connectivity index is 2.11. The van der Waals surface area contributed by atoms with Gasteiger partial charge in [0.25, 0.3) is 0 Å². The van der Waals surface area contributed by atoms with E-state index in [2.05, 4.69) is 30.9 Å². The van der Waals surface area contributed by atoms with Crippen molar-refractivity contribution in [2.45, 2.75) is 6.67 Å². The minimum Gasteiger partial charge on any atom is -0.464 e. The van der Waals surface area contributed by atoms with Crippen LogP contribution in [0.4, 0.5) is 0 Å². The first-order chi connectivity index (χ1) is 7.69. The van der Waals surface area contributed by atoms with Crippen molar-refractivity contribution in [2.24, 2.45) is 0 Å². The Bertz CT molecular complexity index is 505. The van der Waals surface area contributed by atoms with Crippen molar-refractivity contribution in [2.75, 3.05) is 7.11 Å². The number of rotatable bonds is 3. The molecule has 0 N–H and O–H groups in total. The van der Waals surface area contributed by atoms with Gasteiger partial charge in [-0.1, -0.05) is 0 Å². The summed E-state index contributed by atoms with van der Waals surface area (Å²) in [4.78, 5) is 11.2. The second kappa shape index (κ2) is 4.48. The summed E-state index contributed by atoms with van der Waals surface area (Å²) in [6.45, 7) is 0.447. The summed E-state index contributed by atoms with van der Waals surface area (Å²) in [5, 5.41) is 8.13. The zero-order valence-corrected chi connectivity index (χ0v) is 10.1. The van der Waals surface area contributed by atoms with Gasteiger partial charge in [0.05, 0.1) is 17.8 Å². The first-order valence-corrected chi connectivity index (χ1v) is 5.28. The Labute approximate surface area is 99.9 Å². The van der Waals surface area contributed by atoms with E-state index in [1.165, 1.54) is 7.11 Å². The van der Waals surface area contributed by atoms with Gasteiger partial charge in [-0.3, -0.25) is 4.68 Å². The fourth-order valence-electron chi connectivity index (χ4n) is 1.22. The highest BCUT2D eigenvalue weighted by molar-refractivity contribution is 9.10. The Morgan fingerprint density at radius 3 is 3.00 bits per heavy atom. The van der Waals surface area contributed by atoms with E-state index in [-0.39, 0.29) is 5.69 Å². The molecule has 2 rings (SSSR count). The molecule has 0 saturated heterocycles. The molecule has 0 fully saturated rings. The number of hydrogen-bond donors (Lipinski definition) is 0. The molecule has 2 aromatic heterocycles. The standard InChI is InChI=1S/C9H9BrN4O2/c1-16-9(15)8-2-3-13(12-8)6-14-5-7(10)4-11-14/h2-5H,6H2,1H3. The average Bonchev–Trinajstić information content (AvgIpc) is 2.87. The van der Waals surface area contributed by atoms with Crippen molar-refractivity contribution in [3.8, 4) is 0 Å². The maximum atomic E-state index is 11.2. The van der Waals surface area contributed by atoms with Gasteiger partial charge in [-0.15, -0.1) is 0 Å². The third-order valence-corrected chi connectivity index (χ3v) is 2.34. The zero-order chi connectivity index (χ0) is 11.5. The molecule has 7 heteroatoms. The predicted octanol–water partition coefficient (Wildman–Crippen LogP) is 1.13. The molecule has 0 bridgehead atoms. The highest BCUT2D eigenvalue weighted by atomic mass is 79.9. The van der Waals surface area contributed by atoms with Crippen LogP contribution in [-0.2, 0) is 11.4 Å². The lowest BCUT2D eigenvalue weighted by atomic mass is 10.4. The highest BCUT2D eigenvalue weighted by Gasteiger charge is 2.08. The third kappa shape index (κ3) is 2.30. The van der Waals surface area contributed by atoms with E-state index < -0.39 is 5.97 Å². The molecule has 84 valence electrons. The van der Waals surface area contributed by atoms with Crippen LogP contribution in [0.2, 0.25) is 0 Å². The summed E-state index contributed by atoms with van der Waals surface area (Å²) in [5.74, 6) is -0.444. The van der Waals surface area contributed by atoms with Crippen molar-refractivity contribution in [3.63, 3.8) is 0 Å². The molecule has 2 aromatic rings. The zero-order valence-electron chi connectivity index (χ0n) is 8.50. The number of aromatic nitrogens is 4. The molecule has 0 radical (unpaired) electrons. The second-order valence-corrected chi connectivity index (χ2v) is 3.99. The summed E-state index contributed by atoms with van der Waals surface area (Å²) in [6, 6.07) is 1.60. The molecule has 0 aliphatic heterocycles. The van der Waals surface area contributed by atoms with Crippen LogP contribution in [0.5, 0.6) is 0 Å². The van der Waals surface area contributed by atoms with Gasteiger partial charge in [-0.25, -0.2) is 9.48 Å². The molecule has 0 amide bonds. The summed E-state index contributed by atoms with van der Waals surface area (Å²) in [5.41, 5.74) is 0.286. The minimum absolute atomic E-state index is 0.286. The van der Waals surface area contributed by atoms with E-state index >= 15 is 0 Å². The van der Waals surface area contributed by atoms with Gasteiger partial charge < -0.3 is 4.74 Å². The van der Waals surface area contributed by atoms with Crippen LogP contribution in [-0.4, -0.2) is 32.6 Å². The second-order valence-electron chi connectivity index (χ2n) is 3.07. The van der Waals surface area contributed by atoms with E-state index in [0.717, 1.165) is 4.47 Å². The number of halogens is 1. The van der Waals surface area contributed by atoms with Crippen molar-refractivity contribution in [1.82, 2.24) is 19.6 Å². The number of esters is 1. The van der Waals surface area contributed by atoms with Crippen molar-refractivity contribution in [3.05, 3.63) is 34.8 Å². The monoisotopic (exact) mass is 284 g/mol. The topological polar surface area (TPSA) is 61.9 Å². The summed E-state index contributed by atoms with van der Waals surface area (Å²) in [6.07, 6.45) is 5.20. The van der Waals surface area contributed by atoms with Gasteiger partial charge >= 0.3 is 5.97 Å². The van der Waals surface area contributed by atoms with Crippen LogP contribution < -0.4 is 0 Å². The SMILES string of the molecule is COC(=O)c1ccn(Cn2cc(Br)cn2)n1. The van der Waals surface area contributed by atoms with Crippen LogP contribution in [0.1, 0.15) is 10.5 Å². The largest absolute Gasteiger partial charge is 0.464 e. The van der Waals surface area contributed by atoms with E-state index in [1.54, 1.807) is 27.8 Å². The Hall–Kier alpha value is -1.63. The summed E-state index contributed by atoms with van der Waals surface area (Å²) in [7, 11) is 1.33. The van der Waals surface area contributed by atoms with Crippen LogP contribution >= 0.6 is 15.9 Å². The lowest BCUT2D eigenvalue weighted by Crippen LogP contribution is -2.10. The van der Waals surface area contributed by atoms with E-state index in [1.807, 2.05) is 6.20 Å². The first-order valence-electron chi connectivity index (χ1n) is 4.49. The van der Waals surface area contributed by atoms with Crippen molar-refractivity contribution < 1.29 is 9.53 Å². The van der Waals surface area contributed by atoms with Gasteiger partial charge in [-0.2, -0.15) is 10.2 Å². The Morgan fingerprint density at radius 1 is 1.56 bits per heavy atom. The molecule has 0 aliphatic carbocycles. The lowest BCUT2D eigenvalue weighted by Gasteiger charge is -2.00. The third-order valence-electron chi connectivity index (χ3n) is 1.93. The number of carbonyl (C=O) groups excluding carboxylic acids is 1. The number of methoxy groups -OCH3 is 1. The normalized spacial score (nSPS) is 10.4. The summed E-state index contributed by atoms with van der Waals surface area (Å²) < 4.78 is 8.75. The van der Waals surface area contributed by atoms with Gasteiger partial charge in [0, 0.05) is 12.4 Å². The van der Waals surface area contributed by atoms with Crippen LogP contribution in [0.25, 0.3) is 0 Å². The fraction of sp³-hybridized carbons (Fsp3) is 0.222. The van der Waals surface area contributed by atoms with Crippen molar-refractivity contribution in [1.29, 1.82) is 0 Å². The molecule has 2 heterocycles. The van der Waals surface area contributed by atoms with Gasteiger partial charge in [0.2, 0.25) is 0 Å². The van der Waals surface area contributed by atoms with Gasteiger partial charge in [0.1, 0.15) is 6.67 Å². The van der Waals surface area contributed by atoms with E-state index in [4.69, 9.17) is 0 Å². The summed E-state index contributed by atoms with van der Waals surface area (Å²) >= 11 is 3.30. The molecular formula is C9H9BrN4O2. The van der Waals surface area contributed by atoms with Crippen molar-refractivity contribution >= 4 is 21.9 Å². The van der Waals surface area contributed by atoms with Crippen LogP contribution in [0, 0.1) is 0 Å². The number of ether oxygens (including phenoxy) is 1. The molecule has 0 aliphatic rings. The minimum atomic E-state index is -0.444. The number of hydrogen-bond acceptors (Lipinski definition) is 4. The molecule has 0 spiro atoms. The molecule has 0 unspecified atom stereocenters. The fourth-order valence-corrected chi connectivity index (χ4v) is 1.55. The smallest absolute Gasteiger partial charge is 0.358 e. The first kappa shape index (κ1) is 10.9. The Morgan fingerprint density at radius 2 is 2.38 bits per heavy atom. The van der Waals surface area contributed by atoms with Crippen LogP contribution in [0.15, 0.2) is 29.1 Å². The molecule has 16 heavy (non-hydrogen) atoms. The van der Waals surface area contributed by atoms with E-state index in [0.29, 0.717) is 6.67 Å². The van der Waals surface area contributed by atoms with Gasteiger partial charge in [-0.05, 0) is 22.0 Å². The Kier molecular flexibility index (Phi) is 3.04. The number of nitrogens with zero attached hydrogens (tertiary/aromatic N) is 4. The maximum Gasteiger partial charge on any atom is 0.358 e. The molecular weight excluding hydrogens is 276 g/mol. The highest BCUT2D eigenvalue weighted by Crippen LogP contribution is 2.06. The van der Waals surface area contributed by atoms with Crippen LogP contribution in [0.3, 0.4) is 0 Å². The average molecular weight is 285 g/mol. The molecule has 0 atom stereocenters. The lowest BCUT2D eigenvalue weighted by molar-refractivity contribution is 0.0593. The number of carbonyl (C=O) groups is 1. The molecule has 6 nitrogen and oxygen atoms in total. The van der Waals surface area contributed by atoms with E-state index in [9.17, 15) is 4.79 Å². The molecule has 0 aromatic carbocycles. The quantitative estimate of drug-likeness (QED) is 0.793. The molecule has 0 saturated carbocycles. The van der Waals surface area contributed by atoms with Gasteiger partial charge in [0.15, 0.2) is 5.69 Å².